The molecule has 3 heterocycles. The van der Waals surface area contributed by atoms with Crippen LogP contribution in [0.15, 0.2) is 30.3 Å². The summed E-state index contributed by atoms with van der Waals surface area (Å²) in [5.74, 6) is -2.04. The van der Waals surface area contributed by atoms with Gasteiger partial charge in [0.15, 0.2) is 20.4 Å². The van der Waals surface area contributed by atoms with Crippen LogP contribution in [0.5, 0.6) is 0 Å². The summed E-state index contributed by atoms with van der Waals surface area (Å²) in [5, 5.41) is -0.133. The second kappa shape index (κ2) is 16.1. The van der Waals surface area contributed by atoms with E-state index in [4.69, 9.17) is 47.1 Å². The fourth-order valence-electron chi connectivity index (χ4n) is 6.21. The highest BCUT2D eigenvalue weighted by Crippen LogP contribution is 2.47. The zero-order valence-corrected chi connectivity index (χ0v) is 29.6. The van der Waals surface area contributed by atoms with Gasteiger partial charge in [0.05, 0.1) is 18.1 Å². The molecule has 0 radical (unpaired) electrons. The first-order chi connectivity index (χ1) is 21.8. The van der Waals surface area contributed by atoms with Crippen molar-refractivity contribution in [3.05, 3.63) is 35.9 Å². The van der Waals surface area contributed by atoms with Crippen molar-refractivity contribution in [1.82, 2.24) is 0 Å². The van der Waals surface area contributed by atoms with Crippen molar-refractivity contribution in [2.45, 2.75) is 102 Å². The molecule has 1 aromatic rings. The predicted molar refractivity (Wildman–Crippen MR) is 168 cm³/mol. The lowest BCUT2D eigenvalue weighted by Crippen LogP contribution is -2.49. The van der Waals surface area contributed by atoms with Gasteiger partial charge in [-0.2, -0.15) is 0 Å². The Hall–Kier alpha value is -1.78. The molecule has 2 bridgehead atoms. The summed E-state index contributed by atoms with van der Waals surface area (Å²) in [4.78, 5) is 27.1. The number of Topliss-reactive ketones (excluding diaryl/α,β-unsaturated/α-hetero) is 1. The molecule has 3 saturated heterocycles. The van der Waals surface area contributed by atoms with E-state index in [2.05, 4.69) is 33.9 Å². The molecule has 0 aromatic heterocycles. The summed E-state index contributed by atoms with van der Waals surface area (Å²) in [5.41, 5.74) is 0.846. The van der Waals surface area contributed by atoms with E-state index in [0.29, 0.717) is 0 Å². The van der Waals surface area contributed by atoms with E-state index in [-0.39, 0.29) is 56.1 Å². The number of rotatable bonds is 17. The number of methoxy groups -OCH3 is 3. The van der Waals surface area contributed by atoms with E-state index in [1.54, 1.807) is 0 Å². The summed E-state index contributed by atoms with van der Waals surface area (Å²) in [6.07, 6.45) is -4.78. The quantitative estimate of drug-likeness (QED) is 0.135. The third-order valence-electron chi connectivity index (χ3n) is 9.68. The smallest absolute Gasteiger partial charge is 0.312 e. The summed E-state index contributed by atoms with van der Waals surface area (Å²) in [6.45, 7) is 12.4. The molecular formula is C33H52O12Si. The highest BCUT2D eigenvalue weighted by Gasteiger charge is 2.61. The normalized spacial score (nSPS) is 31.8. The molecule has 13 heteroatoms. The number of benzene rings is 1. The molecule has 260 valence electrons. The monoisotopic (exact) mass is 668 g/mol. The van der Waals surface area contributed by atoms with E-state index in [1.165, 1.54) is 21.3 Å². The Morgan fingerprint density at radius 3 is 2.07 bits per heavy atom. The SMILES string of the molecule is COCOC1C2OC([C@@H]1C[C@H](C(=O)OCc1ccccc1)C1OC(O[Si](C)(C)C(C)(C)C)[C@@H](OCOC)[C@@H]1OCOC)[C@H](C)C2=O. The average Bonchev–Trinajstić information content (AvgIpc) is 3.64. The molecule has 3 aliphatic rings. The summed E-state index contributed by atoms with van der Waals surface area (Å²) >= 11 is 0. The second-order valence-corrected chi connectivity index (χ2v) is 18.5. The minimum atomic E-state index is -2.39. The van der Waals surface area contributed by atoms with Gasteiger partial charge in [-0.25, -0.2) is 0 Å². The largest absolute Gasteiger partial charge is 0.461 e. The van der Waals surface area contributed by atoms with Crippen molar-refractivity contribution in [3.8, 4) is 0 Å². The zero-order valence-electron chi connectivity index (χ0n) is 28.6. The van der Waals surface area contributed by atoms with E-state index < -0.39 is 63.1 Å². The molecule has 3 fully saturated rings. The molecule has 10 atom stereocenters. The Kier molecular flexibility index (Phi) is 12.9. The minimum absolute atomic E-state index is 0.0140. The maximum atomic E-state index is 14.2. The van der Waals surface area contributed by atoms with Crippen LogP contribution in [0.3, 0.4) is 0 Å². The van der Waals surface area contributed by atoms with Crippen molar-refractivity contribution in [3.63, 3.8) is 0 Å². The summed E-state index contributed by atoms with van der Waals surface area (Å²) in [6, 6.07) is 9.46. The van der Waals surface area contributed by atoms with Crippen molar-refractivity contribution in [2.75, 3.05) is 41.7 Å². The lowest BCUT2D eigenvalue weighted by atomic mass is 9.74. The maximum absolute atomic E-state index is 14.2. The molecule has 0 saturated carbocycles. The van der Waals surface area contributed by atoms with Gasteiger partial charge in [0.1, 0.15) is 51.4 Å². The third-order valence-corrected chi connectivity index (χ3v) is 14.1. The van der Waals surface area contributed by atoms with Gasteiger partial charge in [-0.05, 0) is 30.1 Å². The fourth-order valence-corrected chi connectivity index (χ4v) is 7.33. The molecular weight excluding hydrogens is 616 g/mol. The van der Waals surface area contributed by atoms with E-state index in [9.17, 15) is 9.59 Å². The van der Waals surface area contributed by atoms with Crippen molar-refractivity contribution in [2.24, 2.45) is 17.8 Å². The number of hydrogen-bond acceptors (Lipinski definition) is 12. The third kappa shape index (κ3) is 8.25. The van der Waals surface area contributed by atoms with Crippen molar-refractivity contribution < 1.29 is 56.6 Å². The number of fused-ring (bicyclic) bond motifs is 2. The van der Waals surface area contributed by atoms with Gasteiger partial charge in [0.25, 0.3) is 0 Å². The number of carbonyl (C=O) groups excluding carboxylic acids is 2. The molecule has 46 heavy (non-hydrogen) atoms. The van der Waals surface area contributed by atoms with Crippen molar-refractivity contribution >= 4 is 20.1 Å². The Balaban J connectivity index is 1.70. The van der Waals surface area contributed by atoms with Crippen LogP contribution in [-0.2, 0) is 63.3 Å². The van der Waals surface area contributed by atoms with Crippen LogP contribution < -0.4 is 0 Å². The van der Waals surface area contributed by atoms with Crippen LogP contribution in [0.1, 0.15) is 39.7 Å². The molecule has 1 aromatic carbocycles. The number of esters is 1. The Morgan fingerprint density at radius 2 is 1.48 bits per heavy atom. The molecule has 3 aliphatic heterocycles. The second-order valence-electron chi connectivity index (χ2n) is 13.8. The van der Waals surface area contributed by atoms with Gasteiger partial charge in [-0.1, -0.05) is 58.0 Å². The summed E-state index contributed by atoms with van der Waals surface area (Å²) in [7, 11) is 2.18. The first-order valence-electron chi connectivity index (χ1n) is 15.9. The number of carbonyl (C=O) groups is 2. The lowest BCUT2D eigenvalue weighted by Gasteiger charge is -2.39. The highest BCUT2D eigenvalue weighted by atomic mass is 28.4. The van der Waals surface area contributed by atoms with Crippen LogP contribution in [0, 0.1) is 17.8 Å². The molecule has 0 N–H and O–H groups in total. The zero-order chi connectivity index (χ0) is 33.6. The van der Waals surface area contributed by atoms with Crippen molar-refractivity contribution in [1.29, 1.82) is 0 Å². The molecule has 0 amide bonds. The van der Waals surface area contributed by atoms with Crippen LogP contribution >= 0.6 is 0 Å². The average molecular weight is 669 g/mol. The lowest BCUT2D eigenvalue weighted by molar-refractivity contribution is -0.177. The molecule has 0 spiro atoms. The van der Waals surface area contributed by atoms with Gasteiger partial charge in [0.2, 0.25) is 0 Å². The van der Waals surface area contributed by atoms with E-state index in [0.717, 1.165) is 5.56 Å². The van der Waals surface area contributed by atoms with Crippen LogP contribution in [0.25, 0.3) is 0 Å². The van der Waals surface area contributed by atoms with Gasteiger partial charge < -0.3 is 47.1 Å². The van der Waals surface area contributed by atoms with Gasteiger partial charge in [-0.15, -0.1) is 0 Å². The number of hydrogen-bond donors (Lipinski definition) is 0. The first kappa shape index (κ1) is 37.0. The minimum Gasteiger partial charge on any atom is -0.461 e. The first-order valence-corrected chi connectivity index (χ1v) is 18.8. The topological polar surface area (TPSA) is 126 Å². The van der Waals surface area contributed by atoms with Crippen LogP contribution in [0.4, 0.5) is 0 Å². The van der Waals surface area contributed by atoms with Crippen LogP contribution in [-0.4, -0.2) is 105 Å². The van der Waals surface area contributed by atoms with Gasteiger partial charge in [-0.3, -0.25) is 9.59 Å². The molecule has 12 nitrogen and oxygen atoms in total. The van der Waals surface area contributed by atoms with Crippen LogP contribution in [0.2, 0.25) is 18.1 Å². The molecule has 0 aliphatic carbocycles. The summed E-state index contributed by atoms with van der Waals surface area (Å²) < 4.78 is 59.6. The number of ether oxygens (including phenoxy) is 9. The Bertz CT molecular complexity index is 1130. The fraction of sp³-hybridized carbons (Fsp3) is 0.758. The highest BCUT2D eigenvalue weighted by molar-refractivity contribution is 6.74. The van der Waals surface area contributed by atoms with Gasteiger partial charge in [0, 0.05) is 33.2 Å². The predicted octanol–water partition coefficient (Wildman–Crippen LogP) is 4.05. The van der Waals surface area contributed by atoms with Gasteiger partial charge >= 0.3 is 5.97 Å². The Morgan fingerprint density at radius 1 is 0.891 bits per heavy atom. The standard InChI is InChI=1S/C33H52O12Si/c1-20-24(34)28-26(40-17-36-5)22(25(20)43-28)15-23(31(35)39-16-21-13-11-10-12-14-21)27-29(41-18-37-6)30(42-19-38-7)32(44-27)45-46(8,9)33(2,3)4/h10-14,20,22-23,25-30,32H,15-19H2,1-9H3/t20-,22+,23+,25?,26?,27?,28?,29-,30+,32?/m1/s1. The van der Waals surface area contributed by atoms with E-state index >= 15 is 0 Å². The number of ketones is 1. The molecule has 5 unspecified atom stereocenters. The van der Waals surface area contributed by atoms with E-state index in [1.807, 2.05) is 37.3 Å². The maximum Gasteiger partial charge on any atom is 0.312 e. The molecule has 4 rings (SSSR count). The Labute approximate surface area is 273 Å².